The third kappa shape index (κ3) is 2.97. The second kappa shape index (κ2) is 6.04. The molecule has 0 spiro atoms. The maximum absolute atomic E-state index is 12.6. The van der Waals surface area contributed by atoms with Crippen molar-refractivity contribution in [3.63, 3.8) is 0 Å². The van der Waals surface area contributed by atoms with Crippen molar-refractivity contribution < 1.29 is 9.90 Å². The molecule has 0 atom stereocenters. The van der Waals surface area contributed by atoms with Crippen LogP contribution >= 0.6 is 0 Å². The van der Waals surface area contributed by atoms with E-state index < -0.39 is 0 Å². The number of aliphatic hydroxyl groups is 1. The number of carbonyl (C=O) groups excluding carboxylic acids is 1. The van der Waals surface area contributed by atoms with Gasteiger partial charge >= 0.3 is 0 Å². The molecular formula is C16H22N4O2. The van der Waals surface area contributed by atoms with E-state index in [1.165, 1.54) is 0 Å². The van der Waals surface area contributed by atoms with Crippen LogP contribution in [0.5, 0.6) is 0 Å². The standard InChI is InChI=1S/C16H22N4O2/c1-11(2)10-20-15-12(9-18-20)7-13(8-17-15)16(22)19(5-6-21)14-3-4-14/h7-9,11,14,21H,3-6,10H2,1-2H3. The summed E-state index contributed by atoms with van der Waals surface area (Å²) in [6.07, 6.45) is 5.42. The molecule has 2 heterocycles. The third-order valence-electron chi connectivity index (χ3n) is 3.85. The van der Waals surface area contributed by atoms with E-state index in [9.17, 15) is 4.79 Å². The smallest absolute Gasteiger partial charge is 0.255 e. The predicted molar refractivity (Wildman–Crippen MR) is 83.5 cm³/mol. The summed E-state index contributed by atoms with van der Waals surface area (Å²) in [5, 5.41) is 14.4. The molecule has 0 radical (unpaired) electrons. The molecule has 2 aromatic rings. The molecule has 1 saturated carbocycles. The van der Waals surface area contributed by atoms with Gasteiger partial charge in [-0.3, -0.25) is 4.79 Å². The Morgan fingerprint density at radius 3 is 2.86 bits per heavy atom. The largest absolute Gasteiger partial charge is 0.395 e. The monoisotopic (exact) mass is 302 g/mol. The number of pyridine rings is 1. The number of amides is 1. The summed E-state index contributed by atoms with van der Waals surface area (Å²) < 4.78 is 1.88. The normalized spacial score (nSPS) is 14.7. The van der Waals surface area contributed by atoms with Crippen LogP contribution in [0.3, 0.4) is 0 Å². The van der Waals surface area contributed by atoms with Crippen molar-refractivity contribution in [1.82, 2.24) is 19.7 Å². The predicted octanol–water partition coefficient (Wildman–Crippen LogP) is 1.68. The van der Waals surface area contributed by atoms with Gasteiger partial charge in [-0.15, -0.1) is 0 Å². The Bertz CT molecular complexity index is 676. The average Bonchev–Trinajstić information content (AvgIpc) is 3.26. The summed E-state index contributed by atoms with van der Waals surface area (Å²) in [5.41, 5.74) is 1.38. The van der Waals surface area contributed by atoms with E-state index >= 15 is 0 Å². The van der Waals surface area contributed by atoms with Gasteiger partial charge in [-0.25, -0.2) is 9.67 Å². The minimum atomic E-state index is -0.0532. The zero-order valence-corrected chi connectivity index (χ0v) is 13.1. The molecule has 22 heavy (non-hydrogen) atoms. The molecule has 1 amide bonds. The van der Waals surface area contributed by atoms with Crippen molar-refractivity contribution in [3.05, 3.63) is 24.0 Å². The minimum Gasteiger partial charge on any atom is -0.395 e. The van der Waals surface area contributed by atoms with Crippen LogP contribution in [0.1, 0.15) is 37.0 Å². The van der Waals surface area contributed by atoms with Gasteiger partial charge in [-0.1, -0.05) is 13.8 Å². The van der Waals surface area contributed by atoms with E-state index in [1.54, 1.807) is 17.3 Å². The second-order valence-electron chi connectivity index (χ2n) is 6.31. The highest BCUT2D eigenvalue weighted by Crippen LogP contribution is 2.28. The van der Waals surface area contributed by atoms with Crippen LogP contribution in [0.25, 0.3) is 11.0 Å². The number of nitrogens with zero attached hydrogens (tertiary/aromatic N) is 4. The summed E-state index contributed by atoms with van der Waals surface area (Å²) in [4.78, 5) is 18.8. The fourth-order valence-electron chi connectivity index (χ4n) is 2.68. The molecule has 6 heteroatoms. The highest BCUT2D eigenvalue weighted by Gasteiger charge is 2.32. The van der Waals surface area contributed by atoms with Gasteiger partial charge in [0, 0.05) is 30.7 Å². The molecule has 0 aliphatic heterocycles. The van der Waals surface area contributed by atoms with E-state index in [0.717, 1.165) is 30.4 Å². The van der Waals surface area contributed by atoms with E-state index in [4.69, 9.17) is 5.11 Å². The highest BCUT2D eigenvalue weighted by molar-refractivity contribution is 5.97. The third-order valence-corrected chi connectivity index (χ3v) is 3.85. The first-order chi connectivity index (χ1) is 10.6. The minimum absolute atomic E-state index is 0.00969. The van der Waals surface area contributed by atoms with Gasteiger partial charge < -0.3 is 10.0 Å². The summed E-state index contributed by atoms with van der Waals surface area (Å²) in [7, 11) is 0. The maximum atomic E-state index is 12.6. The van der Waals surface area contributed by atoms with Crippen molar-refractivity contribution >= 4 is 16.9 Å². The molecule has 1 fully saturated rings. The van der Waals surface area contributed by atoms with Gasteiger partial charge in [0.1, 0.15) is 0 Å². The lowest BCUT2D eigenvalue weighted by Gasteiger charge is -2.21. The second-order valence-corrected chi connectivity index (χ2v) is 6.31. The Hall–Kier alpha value is -1.95. The molecule has 0 aromatic carbocycles. The molecule has 118 valence electrons. The first-order valence-electron chi connectivity index (χ1n) is 7.83. The molecule has 1 N–H and O–H groups in total. The quantitative estimate of drug-likeness (QED) is 0.881. The Morgan fingerprint density at radius 1 is 1.45 bits per heavy atom. The summed E-state index contributed by atoms with van der Waals surface area (Å²) >= 11 is 0. The molecule has 2 aromatic heterocycles. The Balaban J connectivity index is 1.86. The summed E-state index contributed by atoms with van der Waals surface area (Å²) in [5.74, 6) is 0.434. The van der Waals surface area contributed by atoms with Gasteiger partial charge in [0.2, 0.25) is 0 Å². The Kier molecular flexibility index (Phi) is 4.11. The Morgan fingerprint density at radius 2 is 2.23 bits per heavy atom. The van der Waals surface area contributed by atoms with Crippen LogP contribution in [-0.4, -0.2) is 49.9 Å². The van der Waals surface area contributed by atoms with Gasteiger partial charge in [0.05, 0.1) is 18.4 Å². The zero-order chi connectivity index (χ0) is 15.7. The van der Waals surface area contributed by atoms with Gasteiger partial charge in [0.25, 0.3) is 5.91 Å². The molecular weight excluding hydrogens is 280 g/mol. The van der Waals surface area contributed by atoms with Crippen LogP contribution in [-0.2, 0) is 6.54 Å². The SMILES string of the molecule is CC(C)Cn1ncc2cc(C(=O)N(CCO)C3CC3)cnc21. The molecule has 0 unspecified atom stereocenters. The van der Waals surface area contributed by atoms with Crippen LogP contribution in [0, 0.1) is 5.92 Å². The van der Waals surface area contributed by atoms with Gasteiger partial charge in [-0.2, -0.15) is 5.10 Å². The van der Waals surface area contributed by atoms with Crippen molar-refractivity contribution in [2.24, 2.45) is 5.92 Å². The zero-order valence-electron chi connectivity index (χ0n) is 13.1. The van der Waals surface area contributed by atoms with Crippen molar-refractivity contribution in [2.75, 3.05) is 13.2 Å². The van der Waals surface area contributed by atoms with Crippen molar-refractivity contribution in [3.8, 4) is 0 Å². The van der Waals surface area contributed by atoms with Gasteiger partial charge in [0.15, 0.2) is 5.65 Å². The van der Waals surface area contributed by atoms with Crippen LogP contribution < -0.4 is 0 Å². The fourth-order valence-corrected chi connectivity index (χ4v) is 2.68. The lowest BCUT2D eigenvalue weighted by atomic mass is 10.2. The van der Waals surface area contributed by atoms with Gasteiger partial charge in [-0.05, 0) is 24.8 Å². The topological polar surface area (TPSA) is 71.2 Å². The maximum Gasteiger partial charge on any atom is 0.255 e. The first-order valence-corrected chi connectivity index (χ1v) is 7.83. The number of aliphatic hydroxyl groups excluding tert-OH is 1. The number of carbonyl (C=O) groups is 1. The number of fused-ring (bicyclic) bond motifs is 1. The van der Waals surface area contributed by atoms with Crippen LogP contribution in [0.2, 0.25) is 0 Å². The lowest BCUT2D eigenvalue weighted by molar-refractivity contribution is 0.0707. The molecule has 1 aliphatic rings. The summed E-state index contributed by atoms with van der Waals surface area (Å²) in [6, 6.07) is 2.13. The summed E-state index contributed by atoms with van der Waals surface area (Å²) in [6.45, 7) is 5.45. The molecule has 0 bridgehead atoms. The fraction of sp³-hybridized carbons (Fsp3) is 0.562. The molecule has 6 nitrogen and oxygen atoms in total. The molecule has 1 aliphatic carbocycles. The number of hydrogen-bond acceptors (Lipinski definition) is 4. The van der Waals surface area contributed by atoms with E-state index in [0.29, 0.717) is 18.0 Å². The van der Waals surface area contributed by atoms with Crippen molar-refractivity contribution in [1.29, 1.82) is 0 Å². The number of aromatic nitrogens is 3. The van der Waals surface area contributed by atoms with Crippen molar-refractivity contribution in [2.45, 2.75) is 39.3 Å². The van der Waals surface area contributed by atoms with Crippen LogP contribution in [0.15, 0.2) is 18.5 Å². The van der Waals surface area contributed by atoms with E-state index in [1.807, 2.05) is 10.7 Å². The van der Waals surface area contributed by atoms with E-state index in [2.05, 4.69) is 23.9 Å². The Labute approximate surface area is 129 Å². The highest BCUT2D eigenvalue weighted by atomic mass is 16.3. The molecule has 3 rings (SSSR count). The molecule has 0 saturated heterocycles. The number of rotatable bonds is 6. The van der Waals surface area contributed by atoms with Crippen LogP contribution in [0.4, 0.5) is 0 Å². The number of hydrogen-bond donors (Lipinski definition) is 1. The first kappa shape index (κ1) is 15.0. The van der Waals surface area contributed by atoms with E-state index in [-0.39, 0.29) is 18.6 Å². The lowest BCUT2D eigenvalue weighted by Crippen LogP contribution is -2.35. The average molecular weight is 302 g/mol.